The monoisotopic (exact) mass is 157 g/mol. The van der Waals surface area contributed by atoms with Gasteiger partial charge in [-0.1, -0.05) is 20.8 Å². The molecule has 10 heavy (non-hydrogen) atoms. The summed E-state index contributed by atoms with van der Waals surface area (Å²) < 4.78 is 0. The van der Waals surface area contributed by atoms with Gasteiger partial charge in [-0.2, -0.15) is 0 Å². The molecule has 0 saturated heterocycles. The van der Waals surface area contributed by atoms with Crippen molar-refractivity contribution in [1.29, 1.82) is 0 Å². The molecule has 0 bridgehead atoms. The first-order valence-electron chi connectivity index (χ1n) is 3.82. The molecule has 0 saturated carbocycles. The van der Waals surface area contributed by atoms with E-state index in [1.807, 2.05) is 11.8 Å². The van der Waals surface area contributed by atoms with Gasteiger partial charge >= 0.3 is 0 Å². The summed E-state index contributed by atoms with van der Waals surface area (Å²) in [5.74, 6) is 0.694. The topological polar surface area (TPSA) is 12.4 Å². The van der Waals surface area contributed by atoms with E-state index in [9.17, 15) is 0 Å². The first-order valence-corrected chi connectivity index (χ1v) is 4.70. The van der Waals surface area contributed by atoms with Crippen molar-refractivity contribution >= 4 is 16.8 Å². The smallest absolute Gasteiger partial charge is 0.0652 e. The van der Waals surface area contributed by atoms with E-state index in [-0.39, 0.29) is 0 Å². The highest BCUT2D eigenvalue weighted by molar-refractivity contribution is 8.14. The molecule has 1 nitrogen and oxygen atoms in total. The number of hydrogen-bond acceptors (Lipinski definition) is 2. The van der Waals surface area contributed by atoms with Crippen molar-refractivity contribution in [3.8, 4) is 0 Å². The van der Waals surface area contributed by atoms with Crippen LogP contribution in [-0.4, -0.2) is 16.3 Å². The Balaban J connectivity index is 2.60. The Kier molecular flexibility index (Phi) is 2.40. The molecule has 2 atom stereocenters. The lowest BCUT2D eigenvalue weighted by atomic mass is 10.0. The van der Waals surface area contributed by atoms with Crippen LogP contribution in [0.1, 0.15) is 27.7 Å². The summed E-state index contributed by atoms with van der Waals surface area (Å²) >= 11 is 1.91. The number of hydrogen-bond donors (Lipinski definition) is 0. The van der Waals surface area contributed by atoms with Crippen molar-refractivity contribution in [1.82, 2.24) is 0 Å². The van der Waals surface area contributed by atoms with Gasteiger partial charge in [-0.25, -0.2) is 0 Å². The van der Waals surface area contributed by atoms with Crippen molar-refractivity contribution in [3.63, 3.8) is 0 Å². The summed E-state index contributed by atoms with van der Waals surface area (Å²) in [5.41, 5.74) is 0. The highest BCUT2D eigenvalue weighted by Gasteiger charge is 2.26. The molecule has 0 aromatic rings. The number of rotatable bonds is 1. The van der Waals surface area contributed by atoms with Crippen LogP contribution in [0.4, 0.5) is 0 Å². The van der Waals surface area contributed by atoms with Crippen molar-refractivity contribution in [3.05, 3.63) is 0 Å². The predicted molar refractivity (Wildman–Crippen MR) is 48.8 cm³/mol. The van der Waals surface area contributed by atoms with Crippen LogP contribution >= 0.6 is 11.8 Å². The van der Waals surface area contributed by atoms with E-state index in [1.54, 1.807) is 0 Å². The Morgan fingerprint density at radius 3 is 2.30 bits per heavy atom. The van der Waals surface area contributed by atoms with Crippen molar-refractivity contribution in [2.45, 2.75) is 39.0 Å². The quantitative estimate of drug-likeness (QED) is 0.570. The van der Waals surface area contributed by atoms with Gasteiger partial charge in [0.1, 0.15) is 0 Å². The minimum absolute atomic E-state index is 0.560. The van der Waals surface area contributed by atoms with Crippen LogP contribution in [0.3, 0.4) is 0 Å². The molecule has 1 aliphatic rings. The second-order valence-electron chi connectivity index (χ2n) is 3.21. The Hall–Kier alpha value is 0.0200. The standard InChI is InChI=1S/C8H15NS/c1-5(2)8-6(3)10-7(4)9-8/h5-6,8H,1-4H3. The van der Waals surface area contributed by atoms with Crippen LogP contribution in [0.25, 0.3) is 0 Å². The summed E-state index contributed by atoms with van der Waals surface area (Å²) in [6.45, 7) is 8.84. The van der Waals surface area contributed by atoms with Gasteiger partial charge in [-0.15, -0.1) is 11.8 Å². The summed E-state index contributed by atoms with van der Waals surface area (Å²) in [6, 6.07) is 0.560. The molecule has 0 aliphatic carbocycles. The molecule has 1 heterocycles. The van der Waals surface area contributed by atoms with Gasteiger partial charge in [0.05, 0.1) is 11.1 Å². The first kappa shape index (κ1) is 8.12. The maximum Gasteiger partial charge on any atom is 0.0652 e. The van der Waals surface area contributed by atoms with E-state index < -0.39 is 0 Å². The van der Waals surface area contributed by atoms with Gasteiger partial charge in [0.2, 0.25) is 0 Å². The Labute approximate surface area is 67.3 Å². The molecule has 0 fully saturated rings. The molecular weight excluding hydrogens is 142 g/mol. The third-order valence-corrected chi connectivity index (χ3v) is 2.95. The zero-order valence-electron chi connectivity index (χ0n) is 7.09. The van der Waals surface area contributed by atoms with E-state index in [0.717, 1.165) is 0 Å². The summed E-state index contributed by atoms with van der Waals surface area (Å²) in [7, 11) is 0. The van der Waals surface area contributed by atoms with E-state index >= 15 is 0 Å². The van der Waals surface area contributed by atoms with Crippen LogP contribution in [0.2, 0.25) is 0 Å². The number of nitrogens with zero attached hydrogens (tertiary/aromatic N) is 1. The number of aliphatic imine (C=N–C) groups is 1. The molecule has 2 unspecified atom stereocenters. The third kappa shape index (κ3) is 1.54. The van der Waals surface area contributed by atoms with Gasteiger partial charge in [0.25, 0.3) is 0 Å². The van der Waals surface area contributed by atoms with Crippen molar-refractivity contribution in [2.75, 3.05) is 0 Å². The fourth-order valence-electron chi connectivity index (χ4n) is 1.38. The third-order valence-electron chi connectivity index (χ3n) is 1.85. The first-order chi connectivity index (χ1) is 4.61. The average Bonchev–Trinajstić information content (AvgIpc) is 2.10. The molecule has 58 valence electrons. The Bertz CT molecular complexity index is 151. The van der Waals surface area contributed by atoms with Crippen LogP contribution in [0.5, 0.6) is 0 Å². The fraction of sp³-hybridized carbons (Fsp3) is 0.875. The molecule has 0 spiro atoms. The molecule has 1 rings (SSSR count). The predicted octanol–water partition coefficient (Wildman–Crippen LogP) is 2.56. The minimum Gasteiger partial charge on any atom is -0.278 e. The second-order valence-corrected chi connectivity index (χ2v) is 4.78. The molecule has 0 radical (unpaired) electrons. The van der Waals surface area contributed by atoms with Crippen molar-refractivity contribution < 1.29 is 0 Å². The van der Waals surface area contributed by atoms with Crippen LogP contribution in [-0.2, 0) is 0 Å². The van der Waals surface area contributed by atoms with Gasteiger partial charge in [0, 0.05) is 5.25 Å². The fourth-order valence-corrected chi connectivity index (χ4v) is 2.61. The molecule has 0 amide bonds. The van der Waals surface area contributed by atoms with Crippen LogP contribution in [0.15, 0.2) is 4.99 Å². The zero-order valence-corrected chi connectivity index (χ0v) is 7.90. The Morgan fingerprint density at radius 1 is 1.50 bits per heavy atom. The lowest BCUT2D eigenvalue weighted by Gasteiger charge is -2.15. The Morgan fingerprint density at radius 2 is 2.10 bits per heavy atom. The summed E-state index contributed by atoms with van der Waals surface area (Å²) in [6.07, 6.45) is 0. The highest BCUT2D eigenvalue weighted by Crippen LogP contribution is 2.30. The molecule has 2 heteroatoms. The van der Waals surface area contributed by atoms with E-state index in [1.165, 1.54) is 5.04 Å². The van der Waals surface area contributed by atoms with Gasteiger partial charge < -0.3 is 0 Å². The SMILES string of the molecule is CC1=NC(C(C)C)C(C)S1. The summed E-state index contributed by atoms with van der Waals surface area (Å²) in [4.78, 5) is 4.55. The zero-order chi connectivity index (χ0) is 7.72. The number of thioether (sulfide) groups is 1. The van der Waals surface area contributed by atoms with Gasteiger partial charge in [0.15, 0.2) is 0 Å². The molecule has 0 aromatic heterocycles. The molecule has 0 N–H and O–H groups in total. The van der Waals surface area contributed by atoms with E-state index in [4.69, 9.17) is 0 Å². The van der Waals surface area contributed by atoms with Gasteiger partial charge in [-0.3, -0.25) is 4.99 Å². The van der Waals surface area contributed by atoms with Crippen molar-refractivity contribution in [2.24, 2.45) is 10.9 Å². The molecular formula is C8H15NS. The lowest BCUT2D eigenvalue weighted by Crippen LogP contribution is -2.19. The maximum atomic E-state index is 4.55. The highest BCUT2D eigenvalue weighted by atomic mass is 32.2. The lowest BCUT2D eigenvalue weighted by molar-refractivity contribution is 0.499. The maximum absolute atomic E-state index is 4.55. The van der Waals surface area contributed by atoms with E-state index in [2.05, 4.69) is 32.7 Å². The van der Waals surface area contributed by atoms with Crippen LogP contribution in [0, 0.1) is 5.92 Å². The second kappa shape index (κ2) is 2.95. The van der Waals surface area contributed by atoms with E-state index in [0.29, 0.717) is 17.2 Å². The normalized spacial score (nSPS) is 33.1. The summed E-state index contributed by atoms with van der Waals surface area (Å²) in [5, 5.41) is 1.95. The van der Waals surface area contributed by atoms with Gasteiger partial charge in [-0.05, 0) is 12.8 Å². The van der Waals surface area contributed by atoms with Crippen LogP contribution < -0.4 is 0 Å². The molecule has 1 aliphatic heterocycles. The minimum atomic E-state index is 0.560. The largest absolute Gasteiger partial charge is 0.278 e. The molecule has 0 aromatic carbocycles. The average molecular weight is 157 g/mol.